The number of hydrogen-bond acceptors (Lipinski definition) is 8. The highest BCUT2D eigenvalue weighted by atomic mass is 16.7. The van der Waals surface area contributed by atoms with E-state index in [0.29, 0.717) is 6.42 Å². The van der Waals surface area contributed by atoms with E-state index in [1.54, 1.807) is 6.08 Å². The average Bonchev–Trinajstić information content (AvgIpc) is 3.08. The predicted octanol–water partition coefficient (Wildman–Crippen LogP) is 6.77. The average molecular weight is 684 g/mol. The molecule has 0 aliphatic carbocycles. The van der Waals surface area contributed by atoms with Gasteiger partial charge in [-0.25, -0.2) is 0 Å². The van der Waals surface area contributed by atoms with E-state index in [1.807, 2.05) is 6.08 Å². The number of carbonyl (C=O) groups is 1. The van der Waals surface area contributed by atoms with Crippen molar-refractivity contribution < 1.29 is 39.8 Å². The lowest BCUT2D eigenvalue weighted by molar-refractivity contribution is -0.302. The minimum absolute atomic E-state index is 0.190. The fourth-order valence-electron chi connectivity index (χ4n) is 6.05. The largest absolute Gasteiger partial charge is 0.394 e. The zero-order valence-electron chi connectivity index (χ0n) is 30.5. The number of hydrogen-bond donors (Lipinski definition) is 6. The van der Waals surface area contributed by atoms with E-state index >= 15 is 0 Å². The first-order valence-corrected chi connectivity index (χ1v) is 19.6. The van der Waals surface area contributed by atoms with E-state index in [4.69, 9.17) is 9.47 Å². The maximum absolute atomic E-state index is 12.8. The van der Waals surface area contributed by atoms with E-state index in [-0.39, 0.29) is 12.5 Å². The predicted molar refractivity (Wildman–Crippen MR) is 193 cm³/mol. The summed E-state index contributed by atoms with van der Waals surface area (Å²) >= 11 is 0. The third-order valence-corrected chi connectivity index (χ3v) is 9.28. The zero-order chi connectivity index (χ0) is 35.2. The van der Waals surface area contributed by atoms with Crippen LogP contribution >= 0.6 is 0 Å². The van der Waals surface area contributed by atoms with Gasteiger partial charge in [0, 0.05) is 6.42 Å². The Hall–Kier alpha value is -1.33. The summed E-state index contributed by atoms with van der Waals surface area (Å²) in [6.45, 7) is 3.71. The van der Waals surface area contributed by atoms with Crippen molar-refractivity contribution >= 4 is 5.91 Å². The van der Waals surface area contributed by atoms with Gasteiger partial charge in [-0.2, -0.15) is 0 Å². The standard InChI is InChI=1S/C39H73NO8/c1-3-5-7-9-11-13-15-16-17-19-20-22-24-26-28-33(42)32(31-47-39-38(46)37(45)36(44)34(30-41)48-39)40-35(43)29-27-25-23-21-18-14-12-10-8-6-4-2/h19-20,26,28,32-34,36-39,41-42,44-46H,3-18,21-25,27,29-31H2,1-2H3,(H,40,43)/b20-19+,28-26+/t32-,33+,34+,36+,37?,38?,39+/m0/s1. The normalized spacial score (nSPS) is 22.9. The van der Waals surface area contributed by atoms with Crippen LogP contribution in [0.25, 0.3) is 0 Å². The Kier molecular flexibility index (Phi) is 28.4. The van der Waals surface area contributed by atoms with E-state index in [2.05, 4.69) is 31.3 Å². The molecule has 2 unspecified atom stereocenters. The topological polar surface area (TPSA) is 149 Å². The van der Waals surface area contributed by atoms with Gasteiger partial charge in [0.05, 0.1) is 25.4 Å². The molecule has 1 heterocycles. The van der Waals surface area contributed by atoms with Crippen molar-refractivity contribution in [3.8, 4) is 0 Å². The third kappa shape index (κ3) is 21.7. The van der Waals surface area contributed by atoms with Crippen LogP contribution in [0.3, 0.4) is 0 Å². The van der Waals surface area contributed by atoms with Crippen molar-refractivity contribution in [1.29, 1.82) is 0 Å². The molecule has 1 rings (SSSR count). The zero-order valence-corrected chi connectivity index (χ0v) is 30.5. The van der Waals surface area contributed by atoms with Crippen LogP contribution in [0, 0.1) is 0 Å². The van der Waals surface area contributed by atoms with Gasteiger partial charge in [0.1, 0.15) is 24.4 Å². The highest BCUT2D eigenvalue weighted by Gasteiger charge is 2.44. The fourth-order valence-corrected chi connectivity index (χ4v) is 6.05. The molecule has 0 bridgehead atoms. The highest BCUT2D eigenvalue weighted by Crippen LogP contribution is 2.22. The van der Waals surface area contributed by atoms with Crippen molar-refractivity contribution in [3.05, 3.63) is 24.3 Å². The van der Waals surface area contributed by atoms with E-state index in [1.165, 1.54) is 103 Å². The van der Waals surface area contributed by atoms with Gasteiger partial charge in [0.2, 0.25) is 5.91 Å². The van der Waals surface area contributed by atoms with Gasteiger partial charge in [-0.15, -0.1) is 0 Å². The molecule has 1 fully saturated rings. The van der Waals surface area contributed by atoms with Crippen LogP contribution in [-0.2, 0) is 14.3 Å². The second kappa shape index (κ2) is 30.5. The molecule has 1 saturated heterocycles. The molecular weight excluding hydrogens is 610 g/mol. The number of nitrogens with one attached hydrogen (secondary N) is 1. The SMILES string of the molecule is CCCCCCCCCC/C=C/CC/C=C/[C@@H](O)[C@H](CO[C@@H]1O[C@H](CO)[C@@H](O)C(O)C1O)NC(=O)CCCCCCCCCCCCC. The van der Waals surface area contributed by atoms with E-state index in [0.717, 1.165) is 38.5 Å². The summed E-state index contributed by atoms with van der Waals surface area (Å²) in [7, 11) is 0. The minimum Gasteiger partial charge on any atom is -0.394 e. The Bertz CT molecular complexity index is 807. The molecule has 0 aromatic rings. The Morgan fingerprint density at radius 2 is 1.19 bits per heavy atom. The van der Waals surface area contributed by atoms with Gasteiger partial charge in [-0.1, -0.05) is 147 Å². The second-order valence-corrected chi connectivity index (χ2v) is 13.7. The first-order valence-electron chi connectivity index (χ1n) is 19.6. The third-order valence-electron chi connectivity index (χ3n) is 9.28. The second-order valence-electron chi connectivity index (χ2n) is 13.7. The first kappa shape index (κ1) is 44.7. The quantitative estimate of drug-likeness (QED) is 0.0346. The maximum atomic E-state index is 12.8. The van der Waals surface area contributed by atoms with Crippen molar-refractivity contribution in [2.75, 3.05) is 13.2 Å². The number of unbranched alkanes of at least 4 members (excludes halogenated alkanes) is 19. The molecule has 48 heavy (non-hydrogen) atoms. The molecule has 0 radical (unpaired) electrons. The van der Waals surface area contributed by atoms with Crippen molar-refractivity contribution in [3.63, 3.8) is 0 Å². The van der Waals surface area contributed by atoms with Gasteiger partial charge in [0.25, 0.3) is 0 Å². The molecule has 1 amide bonds. The van der Waals surface area contributed by atoms with Crippen LogP contribution in [0.15, 0.2) is 24.3 Å². The molecule has 7 atom stereocenters. The monoisotopic (exact) mass is 684 g/mol. The summed E-state index contributed by atoms with van der Waals surface area (Å²) in [5.74, 6) is -0.190. The number of rotatable bonds is 31. The summed E-state index contributed by atoms with van der Waals surface area (Å²) in [5.41, 5.74) is 0. The van der Waals surface area contributed by atoms with Crippen molar-refractivity contribution in [1.82, 2.24) is 5.32 Å². The van der Waals surface area contributed by atoms with Gasteiger partial charge < -0.3 is 40.3 Å². The number of carbonyl (C=O) groups excluding carboxylic acids is 1. The first-order chi connectivity index (χ1) is 23.3. The summed E-state index contributed by atoms with van der Waals surface area (Å²) in [4.78, 5) is 12.8. The molecule has 282 valence electrons. The lowest BCUT2D eigenvalue weighted by Gasteiger charge is -2.40. The summed E-state index contributed by atoms with van der Waals surface area (Å²) in [6.07, 6.45) is 26.5. The van der Waals surface area contributed by atoms with Crippen LogP contribution in [-0.4, -0.2) is 87.5 Å². The minimum atomic E-state index is -1.57. The molecule has 9 nitrogen and oxygen atoms in total. The van der Waals surface area contributed by atoms with Crippen molar-refractivity contribution in [2.45, 2.75) is 204 Å². The van der Waals surface area contributed by atoms with E-state index < -0.39 is 49.5 Å². The lowest BCUT2D eigenvalue weighted by atomic mass is 9.99. The van der Waals surface area contributed by atoms with Crippen LogP contribution in [0.1, 0.15) is 162 Å². The molecule has 0 aromatic heterocycles. The molecule has 0 aromatic carbocycles. The van der Waals surface area contributed by atoms with Gasteiger partial charge in [0.15, 0.2) is 6.29 Å². The molecule has 6 N–H and O–H groups in total. The lowest BCUT2D eigenvalue weighted by Crippen LogP contribution is -2.60. The summed E-state index contributed by atoms with van der Waals surface area (Å²) < 4.78 is 11.1. The number of aliphatic hydroxyl groups is 5. The molecule has 0 spiro atoms. The number of aliphatic hydroxyl groups excluding tert-OH is 5. The highest BCUT2D eigenvalue weighted by molar-refractivity contribution is 5.76. The van der Waals surface area contributed by atoms with Crippen LogP contribution in [0.5, 0.6) is 0 Å². The molecule has 1 aliphatic rings. The molecule has 1 aliphatic heterocycles. The maximum Gasteiger partial charge on any atom is 0.220 e. The van der Waals surface area contributed by atoms with E-state index in [9.17, 15) is 30.3 Å². The van der Waals surface area contributed by atoms with Gasteiger partial charge >= 0.3 is 0 Å². The van der Waals surface area contributed by atoms with Crippen LogP contribution in [0.2, 0.25) is 0 Å². The van der Waals surface area contributed by atoms with Gasteiger partial charge in [-0.05, 0) is 32.1 Å². The smallest absolute Gasteiger partial charge is 0.220 e. The number of amides is 1. The number of ether oxygens (including phenoxy) is 2. The summed E-state index contributed by atoms with van der Waals surface area (Å²) in [5, 5.41) is 53.8. The van der Waals surface area contributed by atoms with Crippen molar-refractivity contribution in [2.24, 2.45) is 0 Å². The molecule has 0 saturated carbocycles. The van der Waals surface area contributed by atoms with Crippen LogP contribution < -0.4 is 5.32 Å². The van der Waals surface area contributed by atoms with Gasteiger partial charge in [-0.3, -0.25) is 4.79 Å². The number of allylic oxidation sites excluding steroid dienone is 3. The Morgan fingerprint density at radius 3 is 1.75 bits per heavy atom. The molecule has 9 heteroatoms. The summed E-state index contributed by atoms with van der Waals surface area (Å²) in [6, 6.07) is -0.814. The Labute approximate surface area is 292 Å². The fraction of sp³-hybridized carbons (Fsp3) is 0.872. The molecular formula is C39H73NO8. The van der Waals surface area contributed by atoms with Crippen LogP contribution in [0.4, 0.5) is 0 Å². The Balaban J connectivity index is 2.48. The Morgan fingerprint density at radius 1 is 0.688 bits per heavy atom.